The van der Waals surface area contributed by atoms with E-state index >= 15 is 0 Å². The smallest absolute Gasteiger partial charge is 0.0684 e. The molecular weight excluding hydrogens is 230 g/mol. The highest BCUT2D eigenvalue weighted by atomic mass is 35.5. The highest BCUT2D eigenvalue weighted by Crippen LogP contribution is 2.27. The Morgan fingerprint density at radius 2 is 2.23 bits per heavy atom. The van der Waals surface area contributed by atoms with Crippen molar-refractivity contribution in [1.29, 1.82) is 0 Å². The van der Waals surface area contributed by atoms with Gasteiger partial charge in [0.25, 0.3) is 0 Å². The number of rotatable bonds is 2. The average molecular weight is 240 g/mol. The summed E-state index contributed by atoms with van der Waals surface area (Å²) < 4.78 is 1.71. The minimum Gasteiger partial charge on any atom is -0.270 e. The van der Waals surface area contributed by atoms with Crippen molar-refractivity contribution in [2.24, 2.45) is 7.05 Å². The fraction of sp³-hybridized carbons (Fsp3) is 0.375. The van der Waals surface area contributed by atoms with Gasteiger partial charge in [-0.1, -0.05) is 23.2 Å². The first-order chi connectivity index (χ1) is 6.11. The van der Waals surface area contributed by atoms with E-state index in [1.54, 1.807) is 4.68 Å². The van der Waals surface area contributed by atoms with Crippen LogP contribution in [0.3, 0.4) is 0 Å². The molecule has 1 rings (SSSR count). The van der Waals surface area contributed by atoms with E-state index in [4.69, 9.17) is 34.8 Å². The SMILES string of the molecule is Cc1nn(C)c(CCl)c1C(Cl)=CCl. The van der Waals surface area contributed by atoms with Gasteiger partial charge < -0.3 is 0 Å². The summed E-state index contributed by atoms with van der Waals surface area (Å²) in [5.41, 5.74) is 3.86. The first kappa shape index (κ1) is 10.9. The van der Waals surface area contributed by atoms with E-state index in [1.807, 2.05) is 14.0 Å². The second-order valence-electron chi connectivity index (χ2n) is 2.62. The molecule has 0 aliphatic heterocycles. The molecule has 0 amide bonds. The Balaban J connectivity index is 3.33. The summed E-state index contributed by atoms with van der Waals surface area (Å²) in [6.45, 7) is 1.87. The maximum atomic E-state index is 5.91. The predicted molar refractivity (Wildman–Crippen MR) is 57.2 cm³/mol. The molecule has 0 saturated carbocycles. The second-order valence-corrected chi connectivity index (χ2v) is 3.51. The summed E-state index contributed by atoms with van der Waals surface area (Å²) in [5, 5.41) is 4.67. The van der Waals surface area contributed by atoms with E-state index in [1.165, 1.54) is 5.54 Å². The predicted octanol–water partition coefficient (Wildman–Crippen LogP) is 3.24. The van der Waals surface area contributed by atoms with E-state index in [-0.39, 0.29) is 0 Å². The molecule has 1 aromatic rings. The summed E-state index contributed by atoms with van der Waals surface area (Å²) in [7, 11) is 1.83. The van der Waals surface area contributed by atoms with Crippen LogP contribution in [0.5, 0.6) is 0 Å². The van der Waals surface area contributed by atoms with Gasteiger partial charge >= 0.3 is 0 Å². The normalized spacial score (nSPS) is 12.2. The molecule has 1 aromatic heterocycles. The number of aryl methyl sites for hydroxylation is 2. The van der Waals surface area contributed by atoms with Crippen LogP contribution in [0, 0.1) is 6.92 Å². The van der Waals surface area contributed by atoms with Crippen molar-refractivity contribution in [3.8, 4) is 0 Å². The molecule has 0 aliphatic carbocycles. The van der Waals surface area contributed by atoms with Crippen molar-refractivity contribution in [3.63, 3.8) is 0 Å². The van der Waals surface area contributed by atoms with Gasteiger partial charge in [0.05, 0.1) is 22.3 Å². The van der Waals surface area contributed by atoms with Crippen LogP contribution in [0.4, 0.5) is 0 Å². The van der Waals surface area contributed by atoms with Gasteiger partial charge in [-0.3, -0.25) is 4.68 Å². The van der Waals surface area contributed by atoms with E-state index in [9.17, 15) is 0 Å². The molecule has 0 spiro atoms. The molecule has 0 fully saturated rings. The Morgan fingerprint density at radius 3 is 2.69 bits per heavy atom. The van der Waals surface area contributed by atoms with Gasteiger partial charge in [0.1, 0.15) is 0 Å². The second kappa shape index (κ2) is 4.36. The zero-order valence-corrected chi connectivity index (χ0v) is 9.58. The lowest BCUT2D eigenvalue weighted by molar-refractivity contribution is 0.726. The Morgan fingerprint density at radius 1 is 1.62 bits per heavy atom. The highest BCUT2D eigenvalue weighted by molar-refractivity contribution is 6.53. The van der Waals surface area contributed by atoms with Gasteiger partial charge in [-0.15, -0.1) is 11.6 Å². The van der Waals surface area contributed by atoms with Crippen molar-refractivity contribution in [2.45, 2.75) is 12.8 Å². The molecule has 0 unspecified atom stereocenters. The summed E-state index contributed by atoms with van der Waals surface area (Å²) >= 11 is 17.2. The minimum atomic E-state index is 0.369. The van der Waals surface area contributed by atoms with Crippen molar-refractivity contribution in [1.82, 2.24) is 9.78 Å². The van der Waals surface area contributed by atoms with Crippen LogP contribution in [0.1, 0.15) is 17.0 Å². The fourth-order valence-electron chi connectivity index (χ4n) is 1.22. The first-order valence-electron chi connectivity index (χ1n) is 3.66. The van der Waals surface area contributed by atoms with E-state index in [2.05, 4.69) is 5.10 Å². The quantitative estimate of drug-likeness (QED) is 0.725. The van der Waals surface area contributed by atoms with Gasteiger partial charge in [-0.05, 0) is 6.92 Å². The van der Waals surface area contributed by atoms with Crippen LogP contribution >= 0.6 is 34.8 Å². The van der Waals surface area contributed by atoms with Crippen molar-refractivity contribution in [2.75, 3.05) is 0 Å². The fourth-order valence-corrected chi connectivity index (χ4v) is 1.89. The van der Waals surface area contributed by atoms with Crippen LogP contribution in [0.25, 0.3) is 5.03 Å². The maximum Gasteiger partial charge on any atom is 0.0684 e. The van der Waals surface area contributed by atoms with E-state index in [0.717, 1.165) is 17.0 Å². The summed E-state index contributed by atoms with van der Waals surface area (Å²) in [4.78, 5) is 0. The molecule has 1 heterocycles. The number of hydrogen-bond donors (Lipinski definition) is 0. The Hall–Kier alpha value is -0.180. The van der Waals surface area contributed by atoms with E-state index < -0.39 is 0 Å². The van der Waals surface area contributed by atoms with Gasteiger partial charge in [0.15, 0.2) is 0 Å². The number of aromatic nitrogens is 2. The Kier molecular flexibility index (Phi) is 3.65. The van der Waals surface area contributed by atoms with E-state index in [0.29, 0.717) is 10.9 Å². The number of halogens is 3. The lowest BCUT2D eigenvalue weighted by Gasteiger charge is -2.00. The third-order valence-electron chi connectivity index (χ3n) is 1.80. The molecule has 72 valence electrons. The molecule has 5 heteroatoms. The monoisotopic (exact) mass is 238 g/mol. The average Bonchev–Trinajstić information content (AvgIpc) is 2.39. The third kappa shape index (κ3) is 2.01. The van der Waals surface area contributed by atoms with Crippen LogP contribution in [-0.4, -0.2) is 9.78 Å². The molecular formula is C8H9Cl3N2. The molecule has 0 bridgehead atoms. The zero-order valence-electron chi connectivity index (χ0n) is 7.31. The van der Waals surface area contributed by atoms with Crippen molar-refractivity contribution < 1.29 is 0 Å². The van der Waals surface area contributed by atoms with Crippen LogP contribution < -0.4 is 0 Å². The standard InChI is InChI=1S/C8H9Cl3N2/c1-5-8(6(11)3-9)7(4-10)13(2)12-5/h3H,4H2,1-2H3. The van der Waals surface area contributed by atoms with Crippen molar-refractivity contribution >= 4 is 39.8 Å². The molecule has 13 heavy (non-hydrogen) atoms. The van der Waals surface area contributed by atoms with Gasteiger partial charge in [-0.25, -0.2) is 0 Å². The minimum absolute atomic E-state index is 0.369. The molecule has 0 aromatic carbocycles. The number of alkyl halides is 1. The molecule has 0 radical (unpaired) electrons. The number of nitrogens with zero attached hydrogens (tertiary/aromatic N) is 2. The molecule has 0 N–H and O–H groups in total. The first-order valence-corrected chi connectivity index (χ1v) is 5.01. The largest absolute Gasteiger partial charge is 0.270 e. The van der Waals surface area contributed by atoms with Crippen LogP contribution in [0.2, 0.25) is 0 Å². The van der Waals surface area contributed by atoms with Gasteiger partial charge in [0, 0.05) is 18.1 Å². The number of hydrogen-bond acceptors (Lipinski definition) is 1. The molecule has 0 saturated heterocycles. The molecule has 0 atom stereocenters. The van der Waals surface area contributed by atoms with Gasteiger partial charge in [0.2, 0.25) is 0 Å². The third-order valence-corrected chi connectivity index (χ3v) is 2.68. The Labute approximate surface area is 92.1 Å². The zero-order chi connectivity index (χ0) is 10.0. The lowest BCUT2D eigenvalue weighted by Crippen LogP contribution is -1.96. The van der Waals surface area contributed by atoms with Crippen LogP contribution in [-0.2, 0) is 12.9 Å². The molecule has 0 aliphatic rings. The summed E-state index contributed by atoms with van der Waals surface area (Å²) in [6, 6.07) is 0. The summed E-state index contributed by atoms with van der Waals surface area (Å²) in [6.07, 6.45) is 0. The maximum absolute atomic E-state index is 5.91. The topological polar surface area (TPSA) is 17.8 Å². The van der Waals surface area contributed by atoms with Crippen LogP contribution in [0.15, 0.2) is 5.54 Å². The highest BCUT2D eigenvalue weighted by Gasteiger charge is 2.14. The lowest BCUT2D eigenvalue weighted by atomic mass is 10.2. The molecule has 2 nitrogen and oxygen atoms in total. The van der Waals surface area contributed by atoms with Gasteiger partial charge in [-0.2, -0.15) is 5.10 Å². The summed E-state index contributed by atoms with van der Waals surface area (Å²) in [5.74, 6) is 0.369. The van der Waals surface area contributed by atoms with Crippen molar-refractivity contribution in [3.05, 3.63) is 22.5 Å². The Bertz CT molecular complexity index is 341.